The van der Waals surface area contributed by atoms with E-state index < -0.39 is 23.9 Å². The van der Waals surface area contributed by atoms with Gasteiger partial charge in [-0.1, -0.05) is 0 Å². The third kappa shape index (κ3) is 6.81. The Kier molecular flexibility index (Phi) is 7.28. The Labute approximate surface area is 171 Å². The number of thioether (sulfide) groups is 1. The van der Waals surface area contributed by atoms with Gasteiger partial charge in [-0.25, -0.2) is 0 Å². The number of halogens is 3. The van der Waals surface area contributed by atoms with Crippen LogP contribution >= 0.6 is 11.8 Å². The van der Waals surface area contributed by atoms with E-state index in [9.17, 15) is 22.8 Å². The first-order valence-electron chi connectivity index (χ1n) is 9.57. The van der Waals surface area contributed by atoms with Gasteiger partial charge in [0.2, 0.25) is 0 Å². The minimum absolute atomic E-state index is 0.211. The molecule has 2 heterocycles. The number of ether oxygens (including phenoxy) is 1. The Morgan fingerprint density at radius 3 is 2.38 bits per heavy atom. The number of carbonyl (C=O) groups is 2. The van der Waals surface area contributed by atoms with Gasteiger partial charge in [-0.3, -0.25) is 14.5 Å². The molecule has 10 heteroatoms. The molecule has 1 aromatic rings. The highest BCUT2D eigenvalue weighted by molar-refractivity contribution is 7.99. The second kappa shape index (κ2) is 9.71. The van der Waals surface area contributed by atoms with Crippen LogP contribution in [0.15, 0.2) is 24.3 Å². The fourth-order valence-electron chi connectivity index (χ4n) is 3.58. The summed E-state index contributed by atoms with van der Waals surface area (Å²) in [4.78, 5) is 26.5. The molecule has 1 atom stereocenters. The number of carbonyl (C=O) groups excluding carboxylic acids is 2. The first-order chi connectivity index (χ1) is 13.8. The number of hydrogen-bond acceptors (Lipinski definition) is 5. The summed E-state index contributed by atoms with van der Waals surface area (Å²) in [5.74, 6) is 0.766. The Morgan fingerprint density at radius 1 is 1.10 bits per heavy atom. The largest absolute Gasteiger partial charge is 0.573 e. The first kappa shape index (κ1) is 21.8. The average molecular weight is 431 g/mol. The van der Waals surface area contributed by atoms with Crippen LogP contribution in [-0.4, -0.2) is 60.3 Å². The molecule has 160 valence electrons. The molecule has 2 aliphatic heterocycles. The van der Waals surface area contributed by atoms with E-state index in [0.29, 0.717) is 18.5 Å². The third-order valence-corrected chi connectivity index (χ3v) is 6.32. The molecule has 0 spiro atoms. The summed E-state index contributed by atoms with van der Waals surface area (Å²) >= 11 is 2.00. The lowest BCUT2D eigenvalue weighted by molar-refractivity contribution is -0.274. The topological polar surface area (TPSA) is 70.7 Å². The highest BCUT2D eigenvalue weighted by Crippen LogP contribution is 2.27. The molecule has 29 heavy (non-hydrogen) atoms. The summed E-state index contributed by atoms with van der Waals surface area (Å²) in [6.07, 6.45) is -1.56. The molecule has 1 aromatic carbocycles. The summed E-state index contributed by atoms with van der Waals surface area (Å²) in [5.41, 5.74) is 0.211. The average Bonchev–Trinajstić information content (AvgIpc) is 3.21. The number of hydrogen-bond donors (Lipinski definition) is 2. The fraction of sp³-hybridized carbons (Fsp3) is 0.579. The maximum atomic E-state index is 12.1. The van der Waals surface area contributed by atoms with Crippen molar-refractivity contribution >= 4 is 29.3 Å². The van der Waals surface area contributed by atoms with Crippen LogP contribution < -0.4 is 15.4 Å². The van der Waals surface area contributed by atoms with Crippen molar-refractivity contribution in [3.8, 4) is 5.75 Å². The summed E-state index contributed by atoms with van der Waals surface area (Å²) in [5, 5.41) is 5.02. The summed E-state index contributed by atoms with van der Waals surface area (Å²) in [7, 11) is 0. The maximum absolute atomic E-state index is 12.1. The lowest BCUT2D eigenvalue weighted by Crippen LogP contribution is -2.45. The molecule has 0 saturated carbocycles. The van der Waals surface area contributed by atoms with Gasteiger partial charge >= 0.3 is 18.2 Å². The highest BCUT2D eigenvalue weighted by Gasteiger charge is 2.31. The SMILES string of the molecule is O=C(NCC1CCN(C2CCSC2)CC1)C(=O)Nc1ccc(OC(F)(F)F)cc1. The van der Waals surface area contributed by atoms with Gasteiger partial charge in [-0.15, -0.1) is 13.2 Å². The van der Waals surface area contributed by atoms with E-state index in [1.807, 2.05) is 11.8 Å². The number of nitrogens with one attached hydrogen (secondary N) is 2. The van der Waals surface area contributed by atoms with E-state index >= 15 is 0 Å². The summed E-state index contributed by atoms with van der Waals surface area (Å²) in [6.45, 7) is 2.48. The van der Waals surface area contributed by atoms with Crippen molar-refractivity contribution in [2.24, 2.45) is 5.92 Å². The lowest BCUT2D eigenvalue weighted by Gasteiger charge is -2.35. The first-order valence-corrected chi connectivity index (χ1v) is 10.7. The zero-order valence-electron chi connectivity index (χ0n) is 15.8. The predicted molar refractivity (Wildman–Crippen MR) is 105 cm³/mol. The molecule has 2 saturated heterocycles. The van der Waals surface area contributed by atoms with Gasteiger partial charge < -0.3 is 15.4 Å². The molecule has 2 aliphatic rings. The van der Waals surface area contributed by atoms with Crippen molar-refractivity contribution in [3.63, 3.8) is 0 Å². The number of rotatable bonds is 5. The van der Waals surface area contributed by atoms with Crippen LogP contribution in [0.4, 0.5) is 18.9 Å². The van der Waals surface area contributed by atoms with Crippen molar-refractivity contribution in [1.82, 2.24) is 10.2 Å². The van der Waals surface area contributed by atoms with Gasteiger partial charge in [0.15, 0.2) is 0 Å². The van der Waals surface area contributed by atoms with Gasteiger partial charge in [-0.05, 0) is 68.3 Å². The van der Waals surface area contributed by atoms with E-state index in [0.717, 1.165) is 38.1 Å². The van der Waals surface area contributed by atoms with Gasteiger partial charge in [0.1, 0.15) is 5.75 Å². The Bertz CT molecular complexity index is 701. The van der Waals surface area contributed by atoms with Gasteiger partial charge in [-0.2, -0.15) is 11.8 Å². The number of benzene rings is 1. The zero-order valence-corrected chi connectivity index (χ0v) is 16.7. The lowest BCUT2D eigenvalue weighted by atomic mass is 9.95. The number of anilines is 1. The molecule has 2 fully saturated rings. The molecule has 0 aromatic heterocycles. The summed E-state index contributed by atoms with van der Waals surface area (Å²) in [6, 6.07) is 5.29. The minimum Gasteiger partial charge on any atom is -0.406 e. The van der Waals surface area contributed by atoms with Crippen LogP contribution in [0.3, 0.4) is 0 Å². The van der Waals surface area contributed by atoms with Gasteiger partial charge in [0, 0.05) is 24.0 Å². The molecule has 0 bridgehead atoms. The van der Waals surface area contributed by atoms with Crippen molar-refractivity contribution in [2.75, 3.05) is 36.5 Å². The number of amides is 2. The Hall–Kier alpha value is -1.94. The molecule has 0 aliphatic carbocycles. The van der Waals surface area contributed by atoms with Crippen LogP contribution in [-0.2, 0) is 9.59 Å². The van der Waals surface area contributed by atoms with E-state index in [2.05, 4.69) is 20.3 Å². The molecule has 2 amide bonds. The molecule has 2 N–H and O–H groups in total. The Morgan fingerprint density at radius 2 is 1.79 bits per heavy atom. The Balaban J connectivity index is 1.38. The van der Waals surface area contributed by atoms with Crippen molar-refractivity contribution in [2.45, 2.75) is 31.7 Å². The van der Waals surface area contributed by atoms with Crippen molar-refractivity contribution < 1.29 is 27.5 Å². The van der Waals surface area contributed by atoms with Crippen molar-refractivity contribution in [1.29, 1.82) is 0 Å². The van der Waals surface area contributed by atoms with Gasteiger partial charge in [0.25, 0.3) is 0 Å². The van der Waals surface area contributed by atoms with Crippen LogP contribution in [0.25, 0.3) is 0 Å². The minimum atomic E-state index is -4.78. The van der Waals surface area contributed by atoms with E-state index in [4.69, 9.17) is 0 Å². The normalized spacial score (nSPS) is 21.0. The van der Waals surface area contributed by atoms with Crippen LogP contribution in [0.5, 0.6) is 5.75 Å². The molecule has 3 rings (SSSR count). The monoisotopic (exact) mass is 431 g/mol. The number of piperidine rings is 1. The number of likely N-dealkylation sites (tertiary alicyclic amines) is 1. The highest BCUT2D eigenvalue weighted by atomic mass is 32.2. The van der Waals surface area contributed by atoms with Crippen LogP contribution in [0, 0.1) is 5.92 Å². The summed E-state index contributed by atoms with van der Waals surface area (Å²) < 4.78 is 40.2. The molecule has 0 radical (unpaired) electrons. The van der Waals surface area contributed by atoms with E-state index in [1.165, 1.54) is 30.1 Å². The third-order valence-electron chi connectivity index (χ3n) is 5.17. The maximum Gasteiger partial charge on any atom is 0.573 e. The molecular formula is C19H24F3N3O3S. The second-order valence-electron chi connectivity index (χ2n) is 7.23. The van der Waals surface area contributed by atoms with Crippen LogP contribution in [0.1, 0.15) is 19.3 Å². The second-order valence-corrected chi connectivity index (χ2v) is 8.38. The van der Waals surface area contributed by atoms with E-state index in [-0.39, 0.29) is 5.69 Å². The fourth-order valence-corrected chi connectivity index (χ4v) is 4.83. The number of alkyl halides is 3. The standard InChI is InChI=1S/C19H24F3N3O3S/c20-19(21,22)28-16-3-1-14(2-4-16)24-18(27)17(26)23-11-13-5-8-25(9-6-13)15-7-10-29-12-15/h1-4,13,15H,5-12H2,(H,23,26)(H,24,27). The predicted octanol–water partition coefficient (Wildman–Crippen LogP) is 2.86. The van der Waals surface area contributed by atoms with E-state index in [1.54, 1.807) is 0 Å². The van der Waals surface area contributed by atoms with Crippen molar-refractivity contribution in [3.05, 3.63) is 24.3 Å². The zero-order chi connectivity index (χ0) is 20.9. The molecular weight excluding hydrogens is 407 g/mol. The smallest absolute Gasteiger partial charge is 0.406 e. The number of nitrogens with zero attached hydrogens (tertiary/aromatic N) is 1. The van der Waals surface area contributed by atoms with Crippen LogP contribution in [0.2, 0.25) is 0 Å². The van der Waals surface area contributed by atoms with Gasteiger partial charge in [0.05, 0.1) is 0 Å². The molecule has 6 nitrogen and oxygen atoms in total. The molecule has 1 unspecified atom stereocenters. The quantitative estimate of drug-likeness (QED) is 0.702.